The fourth-order valence-corrected chi connectivity index (χ4v) is 1.08. The van der Waals surface area contributed by atoms with Crippen LogP contribution in [0.1, 0.15) is 32.6 Å². The van der Waals surface area contributed by atoms with Crippen LogP contribution >= 0.6 is 0 Å². The molecule has 0 radical (unpaired) electrons. The van der Waals surface area contributed by atoms with Gasteiger partial charge in [-0.15, -0.1) is 12.3 Å². The number of terminal acetylenes is 1. The van der Waals surface area contributed by atoms with Crippen LogP contribution in [0.4, 0.5) is 4.79 Å². The molecule has 1 fully saturated rings. The van der Waals surface area contributed by atoms with Gasteiger partial charge in [-0.25, -0.2) is 4.79 Å². The normalized spacial score (nSPS) is 17.2. The zero-order valence-electron chi connectivity index (χ0n) is 7.97. The van der Waals surface area contributed by atoms with Crippen molar-refractivity contribution in [2.45, 2.75) is 44.7 Å². The van der Waals surface area contributed by atoms with Crippen LogP contribution < -0.4 is 10.6 Å². The highest BCUT2D eigenvalue weighted by Crippen LogP contribution is 2.18. The summed E-state index contributed by atoms with van der Waals surface area (Å²) in [5.41, 5.74) is 0. The fourth-order valence-electron chi connectivity index (χ4n) is 1.08. The Morgan fingerprint density at radius 3 is 2.85 bits per heavy atom. The summed E-state index contributed by atoms with van der Waals surface area (Å²) in [7, 11) is 0. The molecule has 13 heavy (non-hydrogen) atoms. The van der Waals surface area contributed by atoms with Crippen LogP contribution in [-0.2, 0) is 0 Å². The van der Waals surface area contributed by atoms with Gasteiger partial charge < -0.3 is 10.6 Å². The molecule has 1 atom stereocenters. The Labute approximate surface area is 79.3 Å². The van der Waals surface area contributed by atoms with Gasteiger partial charge in [0, 0.05) is 18.5 Å². The molecular formula is C10H16N2O. The number of nitrogens with one attached hydrogen (secondary N) is 2. The lowest BCUT2D eigenvalue weighted by Crippen LogP contribution is -2.42. The lowest BCUT2D eigenvalue weighted by molar-refractivity contribution is 0.236. The number of carbonyl (C=O) groups is 1. The van der Waals surface area contributed by atoms with Crippen LogP contribution in [0, 0.1) is 12.3 Å². The fraction of sp³-hybridized carbons (Fsp3) is 0.700. The molecule has 0 heterocycles. The van der Waals surface area contributed by atoms with E-state index in [0.717, 1.165) is 19.3 Å². The second-order valence-corrected chi connectivity index (χ2v) is 3.41. The summed E-state index contributed by atoms with van der Waals surface area (Å²) in [6, 6.07) is 0.441. The topological polar surface area (TPSA) is 41.1 Å². The second-order valence-electron chi connectivity index (χ2n) is 3.41. The first-order valence-electron chi connectivity index (χ1n) is 4.76. The standard InChI is InChI=1S/C10H16N2O/c1-3-5-8(4-2)11-10(13)12-9-6-7-9/h1,8-9H,4-7H2,2H3,(H2,11,12,13). The molecule has 1 unspecified atom stereocenters. The molecule has 0 aromatic rings. The predicted octanol–water partition coefficient (Wildman–Crippen LogP) is 1.25. The number of rotatable bonds is 4. The minimum atomic E-state index is -0.0791. The van der Waals surface area contributed by atoms with Gasteiger partial charge in [-0.1, -0.05) is 6.92 Å². The average Bonchev–Trinajstić information content (AvgIpc) is 2.87. The third-order valence-electron chi connectivity index (χ3n) is 2.10. The van der Waals surface area contributed by atoms with Gasteiger partial charge in [0.1, 0.15) is 0 Å². The molecule has 1 rings (SSSR count). The van der Waals surface area contributed by atoms with Crippen molar-refractivity contribution in [3.63, 3.8) is 0 Å². The van der Waals surface area contributed by atoms with Crippen molar-refractivity contribution in [3.05, 3.63) is 0 Å². The molecule has 72 valence electrons. The van der Waals surface area contributed by atoms with Crippen LogP contribution in [0.5, 0.6) is 0 Å². The quantitative estimate of drug-likeness (QED) is 0.628. The van der Waals surface area contributed by atoms with E-state index in [-0.39, 0.29) is 12.1 Å². The van der Waals surface area contributed by atoms with Gasteiger partial charge in [0.2, 0.25) is 0 Å². The Bertz CT molecular complexity index is 215. The third-order valence-corrected chi connectivity index (χ3v) is 2.10. The summed E-state index contributed by atoms with van der Waals surface area (Å²) in [5, 5.41) is 5.70. The molecule has 0 bridgehead atoms. The summed E-state index contributed by atoms with van der Waals surface area (Å²) < 4.78 is 0. The Kier molecular flexibility index (Phi) is 3.63. The molecule has 0 aromatic carbocycles. The molecule has 1 aliphatic rings. The maximum atomic E-state index is 11.2. The lowest BCUT2D eigenvalue weighted by Gasteiger charge is -2.14. The van der Waals surface area contributed by atoms with Gasteiger partial charge in [0.15, 0.2) is 0 Å². The van der Waals surface area contributed by atoms with Gasteiger partial charge in [-0.2, -0.15) is 0 Å². The average molecular weight is 180 g/mol. The molecule has 3 nitrogen and oxygen atoms in total. The van der Waals surface area contributed by atoms with Gasteiger partial charge in [-0.3, -0.25) is 0 Å². The largest absolute Gasteiger partial charge is 0.335 e. The van der Waals surface area contributed by atoms with Crippen LogP contribution in [0.3, 0.4) is 0 Å². The van der Waals surface area contributed by atoms with Crippen molar-refractivity contribution < 1.29 is 4.79 Å². The molecule has 0 spiro atoms. The Hall–Kier alpha value is -1.17. The minimum Gasteiger partial charge on any atom is -0.335 e. The van der Waals surface area contributed by atoms with Gasteiger partial charge in [-0.05, 0) is 19.3 Å². The number of urea groups is 1. The van der Waals surface area contributed by atoms with E-state index in [1.54, 1.807) is 0 Å². The van der Waals surface area contributed by atoms with E-state index in [2.05, 4.69) is 16.6 Å². The van der Waals surface area contributed by atoms with E-state index in [1.807, 2.05) is 6.92 Å². The lowest BCUT2D eigenvalue weighted by atomic mass is 10.2. The zero-order valence-corrected chi connectivity index (χ0v) is 7.97. The van der Waals surface area contributed by atoms with Crippen molar-refractivity contribution in [1.82, 2.24) is 10.6 Å². The van der Waals surface area contributed by atoms with Crippen molar-refractivity contribution in [2.75, 3.05) is 0 Å². The maximum absolute atomic E-state index is 11.2. The number of carbonyl (C=O) groups excluding carboxylic acids is 1. The second kappa shape index (κ2) is 4.76. The highest BCUT2D eigenvalue weighted by Gasteiger charge is 2.23. The van der Waals surface area contributed by atoms with Gasteiger partial charge >= 0.3 is 6.03 Å². The van der Waals surface area contributed by atoms with Gasteiger partial charge in [0.25, 0.3) is 0 Å². The van der Waals surface area contributed by atoms with Crippen molar-refractivity contribution in [1.29, 1.82) is 0 Å². The van der Waals surface area contributed by atoms with Crippen LogP contribution in [0.15, 0.2) is 0 Å². The summed E-state index contributed by atoms with van der Waals surface area (Å²) in [6.45, 7) is 2.01. The monoisotopic (exact) mass is 180 g/mol. The number of amides is 2. The van der Waals surface area contributed by atoms with E-state index in [0.29, 0.717) is 12.5 Å². The first kappa shape index (κ1) is 9.91. The molecule has 3 heteroatoms. The van der Waals surface area contributed by atoms with Crippen molar-refractivity contribution in [2.24, 2.45) is 0 Å². The molecular weight excluding hydrogens is 164 g/mol. The Morgan fingerprint density at radius 2 is 2.38 bits per heavy atom. The summed E-state index contributed by atoms with van der Waals surface area (Å²) >= 11 is 0. The van der Waals surface area contributed by atoms with E-state index in [1.165, 1.54) is 0 Å². The van der Waals surface area contributed by atoms with Crippen LogP contribution in [-0.4, -0.2) is 18.1 Å². The molecule has 0 saturated heterocycles. The number of hydrogen-bond acceptors (Lipinski definition) is 1. The highest BCUT2D eigenvalue weighted by molar-refractivity contribution is 5.74. The maximum Gasteiger partial charge on any atom is 0.315 e. The summed E-state index contributed by atoms with van der Waals surface area (Å²) in [6.07, 6.45) is 8.88. The molecule has 1 saturated carbocycles. The molecule has 0 aliphatic heterocycles. The molecule has 2 amide bonds. The molecule has 0 aromatic heterocycles. The molecule has 1 aliphatic carbocycles. The predicted molar refractivity (Wildman–Crippen MR) is 52.2 cm³/mol. The highest BCUT2D eigenvalue weighted by atomic mass is 16.2. The first-order chi connectivity index (χ1) is 6.26. The van der Waals surface area contributed by atoms with E-state index in [9.17, 15) is 4.79 Å². The number of hydrogen-bond donors (Lipinski definition) is 2. The van der Waals surface area contributed by atoms with Crippen molar-refractivity contribution >= 4 is 6.03 Å². The van der Waals surface area contributed by atoms with Crippen LogP contribution in [0.2, 0.25) is 0 Å². The smallest absolute Gasteiger partial charge is 0.315 e. The summed E-state index contributed by atoms with van der Waals surface area (Å²) in [5.74, 6) is 2.55. The van der Waals surface area contributed by atoms with Crippen molar-refractivity contribution in [3.8, 4) is 12.3 Å². The summed E-state index contributed by atoms with van der Waals surface area (Å²) in [4.78, 5) is 11.2. The first-order valence-corrected chi connectivity index (χ1v) is 4.76. The minimum absolute atomic E-state index is 0.0791. The Morgan fingerprint density at radius 1 is 1.69 bits per heavy atom. The SMILES string of the molecule is C#CCC(CC)NC(=O)NC1CC1. The third kappa shape index (κ3) is 3.84. The van der Waals surface area contributed by atoms with E-state index < -0.39 is 0 Å². The molecule has 2 N–H and O–H groups in total. The zero-order chi connectivity index (χ0) is 9.68. The van der Waals surface area contributed by atoms with E-state index in [4.69, 9.17) is 6.42 Å². The van der Waals surface area contributed by atoms with Gasteiger partial charge in [0.05, 0.1) is 0 Å². The van der Waals surface area contributed by atoms with Crippen LogP contribution in [0.25, 0.3) is 0 Å². The Balaban J connectivity index is 2.19. The van der Waals surface area contributed by atoms with E-state index >= 15 is 0 Å².